The molecule has 0 aliphatic heterocycles. The SMILES string of the molecule is COc1cccc(OC)c1-c1cc(N)c(C#N)s1. The van der Waals surface area contributed by atoms with Gasteiger partial charge in [0.1, 0.15) is 22.4 Å². The van der Waals surface area contributed by atoms with Crippen LogP contribution in [0.25, 0.3) is 10.4 Å². The molecule has 1 aromatic heterocycles. The molecular weight excluding hydrogens is 248 g/mol. The molecule has 0 unspecified atom stereocenters. The highest BCUT2D eigenvalue weighted by molar-refractivity contribution is 7.16. The Morgan fingerprint density at radius 1 is 1.22 bits per heavy atom. The molecule has 2 aromatic rings. The molecule has 1 heterocycles. The number of nitrogens with two attached hydrogens (primary N) is 1. The number of thiophene rings is 1. The van der Waals surface area contributed by atoms with Gasteiger partial charge in [0.15, 0.2) is 0 Å². The van der Waals surface area contributed by atoms with Crippen molar-refractivity contribution < 1.29 is 9.47 Å². The summed E-state index contributed by atoms with van der Waals surface area (Å²) in [7, 11) is 3.20. The van der Waals surface area contributed by atoms with Gasteiger partial charge in [-0.2, -0.15) is 5.26 Å². The monoisotopic (exact) mass is 260 g/mol. The van der Waals surface area contributed by atoms with Crippen molar-refractivity contribution in [3.63, 3.8) is 0 Å². The van der Waals surface area contributed by atoms with Crippen LogP contribution in [0.5, 0.6) is 11.5 Å². The molecule has 5 heteroatoms. The zero-order valence-corrected chi connectivity index (χ0v) is 10.9. The zero-order valence-electron chi connectivity index (χ0n) is 10.1. The summed E-state index contributed by atoms with van der Waals surface area (Å²) in [6, 6.07) is 9.38. The molecule has 0 bridgehead atoms. The second-order valence-electron chi connectivity index (χ2n) is 3.54. The third-order valence-electron chi connectivity index (χ3n) is 2.54. The van der Waals surface area contributed by atoms with Crippen molar-refractivity contribution in [2.75, 3.05) is 20.0 Å². The fraction of sp³-hybridized carbons (Fsp3) is 0.154. The van der Waals surface area contributed by atoms with E-state index in [0.29, 0.717) is 22.1 Å². The number of methoxy groups -OCH3 is 2. The van der Waals surface area contributed by atoms with Crippen molar-refractivity contribution in [1.82, 2.24) is 0 Å². The summed E-state index contributed by atoms with van der Waals surface area (Å²) in [4.78, 5) is 1.36. The summed E-state index contributed by atoms with van der Waals surface area (Å²) < 4.78 is 10.7. The van der Waals surface area contributed by atoms with E-state index in [1.165, 1.54) is 11.3 Å². The molecule has 0 aliphatic carbocycles. The number of nitrogens with zero attached hydrogens (tertiary/aromatic N) is 1. The van der Waals surface area contributed by atoms with Gasteiger partial charge in [-0.3, -0.25) is 0 Å². The van der Waals surface area contributed by atoms with Gasteiger partial charge in [-0.05, 0) is 18.2 Å². The van der Waals surface area contributed by atoms with Crippen LogP contribution >= 0.6 is 11.3 Å². The predicted molar refractivity (Wildman–Crippen MR) is 72.0 cm³/mol. The third-order valence-corrected chi connectivity index (χ3v) is 3.61. The van der Waals surface area contributed by atoms with Crippen molar-refractivity contribution in [2.24, 2.45) is 0 Å². The molecule has 0 saturated carbocycles. The molecule has 0 aliphatic rings. The molecule has 92 valence electrons. The summed E-state index contributed by atoms with van der Waals surface area (Å²) in [6.45, 7) is 0. The number of rotatable bonds is 3. The lowest BCUT2D eigenvalue weighted by atomic mass is 10.1. The minimum Gasteiger partial charge on any atom is -0.496 e. The maximum atomic E-state index is 8.95. The minimum atomic E-state index is 0.477. The normalized spacial score (nSPS) is 9.83. The second-order valence-corrected chi connectivity index (χ2v) is 4.60. The highest BCUT2D eigenvalue weighted by atomic mass is 32.1. The fourth-order valence-corrected chi connectivity index (χ4v) is 2.64. The van der Waals surface area contributed by atoms with Gasteiger partial charge in [-0.25, -0.2) is 0 Å². The molecule has 0 radical (unpaired) electrons. The number of anilines is 1. The van der Waals surface area contributed by atoms with Crippen molar-refractivity contribution in [2.45, 2.75) is 0 Å². The van der Waals surface area contributed by atoms with Gasteiger partial charge in [0.2, 0.25) is 0 Å². The highest BCUT2D eigenvalue weighted by Gasteiger charge is 2.16. The summed E-state index contributed by atoms with van der Waals surface area (Å²) >= 11 is 1.33. The zero-order chi connectivity index (χ0) is 13.1. The first kappa shape index (κ1) is 12.3. The topological polar surface area (TPSA) is 68.3 Å². The largest absolute Gasteiger partial charge is 0.496 e. The van der Waals surface area contributed by atoms with Crippen molar-refractivity contribution in [1.29, 1.82) is 5.26 Å². The number of ether oxygens (including phenoxy) is 2. The molecule has 1 aromatic carbocycles. The smallest absolute Gasteiger partial charge is 0.131 e. The third kappa shape index (κ3) is 1.98. The first-order valence-electron chi connectivity index (χ1n) is 5.22. The van der Waals surface area contributed by atoms with Gasteiger partial charge in [-0.15, -0.1) is 11.3 Å². The Kier molecular flexibility index (Phi) is 3.40. The lowest BCUT2D eigenvalue weighted by Gasteiger charge is -2.11. The van der Waals surface area contributed by atoms with Gasteiger partial charge in [0, 0.05) is 4.88 Å². The lowest BCUT2D eigenvalue weighted by molar-refractivity contribution is 0.397. The van der Waals surface area contributed by atoms with E-state index in [2.05, 4.69) is 6.07 Å². The average Bonchev–Trinajstić information content (AvgIpc) is 2.78. The summed E-state index contributed by atoms with van der Waals surface area (Å²) in [5.74, 6) is 1.39. The first-order chi connectivity index (χ1) is 8.71. The maximum Gasteiger partial charge on any atom is 0.131 e. The lowest BCUT2D eigenvalue weighted by Crippen LogP contribution is -1.91. The molecule has 0 amide bonds. The standard InChI is InChI=1S/C13H12N2O2S/c1-16-9-4-3-5-10(17-2)13(9)11-6-8(15)12(7-14)18-11/h3-6H,15H2,1-2H3. The first-order valence-corrected chi connectivity index (χ1v) is 6.03. The Morgan fingerprint density at radius 3 is 2.28 bits per heavy atom. The number of nitrogen functional groups attached to an aromatic ring is 1. The van der Waals surface area contributed by atoms with Crippen molar-refractivity contribution in [3.8, 4) is 28.0 Å². The Balaban J connectivity index is 2.65. The highest BCUT2D eigenvalue weighted by Crippen LogP contribution is 2.43. The summed E-state index contributed by atoms with van der Waals surface area (Å²) in [5, 5.41) is 8.95. The van der Waals surface area contributed by atoms with Crippen LogP contribution in [-0.2, 0) is 0 Å². The van der Waals surface area contributed by atoms with Crippen molar-refractivity contribution in [3.05, 3.63) is 29.1 Å². The molecule has 0 spiro atoms. The van der Waals surface area contributed by atoms with Crippen LogP contribution in [0.4, 0.5) is 5.69 Å². The van der Waals surface area contributed by atoms with Gasteiger partial charge in [0.05, 0.1) is 25.5 Å². The van der Waals surface area contributed by atoms with E-state index in [1.54, 1.807) is 20.3 Å². The molecule has 2 rings (SSSR count). The van der Waals surface area contributed by atoms with Crippen molar-refractivity contribution >= 4 is 17.0 Å². The Morgan fingerprint density at radius 2 is 1.83 bits per heavy atom. The van der Waals surface area contributed by atoms with E-state index in [9.17, 15) is 0 Å². The second kappa shape index (κ2) is 4.98. The van der Waals surface area contributed by atoms with Gasteiger partial charge in [-0.1, -0.05) is 6.07 Å². The van der Waals surface area contributed by atoms with Crippen LogP contribution < -0.4 is 15.2 Å². The molecule has 0 saturated heterocycles. The molecule has 0 fully saturated rings. The van der Waals surface area contributed by atoms with E-state index in [-0.39, 0.29) is 0 Å². The Hall–Kier alpha value is -2.19. The molecular formula is C13H12N2O2S. The maximum absolute atomic E-state index is 8.95. The number of benzene rings is 1. The summed E-state index contributed by atoms with van der Waals surface area (Å²) in [5.41, 5.74) is 7.08. The predicted octanol–water partition coefficient (Wildman–Crippen LogP) is 2.89. The number of nitriles is 1. The van der Waals surface area contributed by atoms with Gasteiger partial charge in [0.25, 0.3) is 0 Å². The number of hydrogen-bond donors (Lipinski definition) is 1. The van der Waals surface area contributed by atoms with Gasteiger partial charge < -0.3 is 15.2 Å². The van der Waals surface area contributed by atoms with E-state index >= 15 is 0 Å². The van der Waals surface area contributed by atoms with E-state index < -0.39 is 0 Å². The molecule has 18 heavy (non-hydrogen) atoms. The molecule has 2 N–H and O–H groups in total. The molecule has 4 nitrogen and oxygen atoms in total. The fourth-order valence-electron chi connectivity index (χ4n) is 1.71. The van der Waals surface area contributed by atoms with E-state index in [0.717, 1.165) is 10.4 Å². The van der Waals surface area contributed by atoms with Crippen LogP contribution in [0, 0.1) is 11.3 Å². The van der Waals surface area contributed by atoms with Crippen LogP contribution in [-0.4, -0.2) is 14.2 Å². The minimum absolute atomic E-state index is 0.477. The Bertz CT molecular complexity index is 592. The molecule has 0 atom stereocenters. The average molecular weight is 260 g/mol. The quantitative estimate of drug-likeness (QED) is 0.921. The van der Waals surface area contributed by atoms with Crippen LogP contribution in [0.1, 0.15) is 4.88 Å². The Labute approximate surface area is 109 Å². The van der Waals surface area contributed by atoms with Gasteiger partial charge >= 0.3 is 0 Å². The van der Waals surface area contributed by atoms with Crippen LogP contribution in [0.2, 0.25) is 0 Å². The van der Waals surface area contributed by atoms with Crippen LogP contribution in [0.3, 0.4) is 0 Å². The number of hydrogen-bond acceptors (Lipinski definition) is 5. The van der Waals surface area contributed by atoms with Crippen LogP contribution in [0.15, 0.2) is 24.3 Å². The summed E-state index contributed by atoms with van der Waals surface area (Å²) in [6.07, 6.45) is 0. The van der Waals surface area contributed by atoms with E-state index in [1.807, 2.05) is 18.2 Å². The van der Waals surface area contributed by atoms with E-state index in [4.69, 9.17) is 20.5 Å².